The lowest BCUT2D eigenvalue weighted by atomic mass is 10.1. The van der Waals surface area contributed by atoms with Crippen LogP contribution in [-0.4, -0.2) is 60.8 Å². The van der Waals surface area contributed by atoms with Gasteiger partial charge >= 0.3 is 5.97 Å². The number of benzene rings is 2. The molecule has 1 fully saturated rings. The van der Waals surface area contributed by atoms with E-state index in [1.165, 1.54) is 0 Å². The fourth-order valence-electron chi connectivity index (χ4n) is 3.55. The zero-order valence-electron chi connectivity index (χ0n) is 17.1. The molecule has 1 aliphatic heterocycles. The van der Waals surface area contributed by atoms with Crippen molar-refractivity contribution in [3.63, 3.8) is 0 Å². The summed E-state index contributed by atoms with van der Waals surface area (Å²) in [5, 5.41) is 9.35. The van der Waals surface area contributed by atoms with E-state index in [-0.39, 0.29) is 18.6 Å². The molecule has 0 aliphatic carbocycles. The van der Waals surface area contributed by atoms with Crippen molar-refractivity contribution in [3.8, 4) is 0 Å². The van der Waals surface area contributed by atoms with E-state index in [1.54, 1.807) is 29.2 Å². The Bertz CT molecular complexity index is 847. The SMILES string of the molecule is Cc1ccc(N(CCN2CCC(OCC(=O)O)CC2)C(=O)c2ccc(Cl)cc2)cc1. The third-order valence-corrected chi connectivity index (χ3v) is 5.55. The molecule has 0 bridgehead atoms. The molecule has 1 heterocycles. The first-order valence-corrected chi connectivity index (χ1v) is 10.5. The van der Waals surface area contributed by atoms with Gasteiger partial charge in [-0.05, 0) is 56.2 Å². The van der Waals surface area contributed by atoms with Gasteiger partial charge in [0, 0.05) is 42.5 Å². The zero-order chi connectivity index (χ0) is 21.5. The first kappa shape index (κ1) is 22.3. The van der Waals surface area contributed by atoms with E-state index in [9.17, 15) is 9.59 Å². The number of halogens is 1. The van der Waals surface area contributed by atoms with Gasteiger partial charge in [-0.15, -0.1) is 0 Å². The van der Waals surface area contributed by atoms with Crippen LogP contribution < -0.4 is 4.90 Å². The summed E-state index contributed by atoms with van der Waals surface area (Å²) in [4.78, 5) is 28.0. The number of aliphatic carboxylic acids is 1. The Kier molecular flexibility index (Phi) is 7.85. The highest BCUT2D eigenvalue weighted by Gasteiger charge is 2.23. The molecule has 0 atom stereocenters. The van der Waals surface area contributed by atoms with Crippen molar-refractivity contribution in [3.05, 3.63) is 64.7 Å². The number of aryl methyl sites for hydroxylation is 1. The Morgan fingerprint density at radius 3 is 2.33 bits per heavy atom. The van der Waals surface area contributed by atoms with E-state index >= 15 is 0 Å². The van der Waals surface area contributed by atoms with Crippen LogP contribution in [0.2, 0.25) is 5.02 Å². The predicted octanol–water partition coefficient (Wildman–Crippen LogP) is 3.86. The van der Waals surface area contributed by atoms with Gasteiger partial charge in [0.15, 0.2) is 0 Å². The Morgan fingerprint density at radius 1 is 1.10 bits per heavy atom. The molecule has 2 aromatic rings. The van der Waals surface area contributed by atoms with Crippen LogP contribution in [0.15, 0.2) is 48.5 Å². The van der Waals surface area contributed by atoms with Crippen LogP contribution in [0.1, 0.15) is 28.8 Å². The Morgan fingerprint density at radius 2 is 1.73 bits per heavy atom. The van der Waals surface area contributed by atoms with E-state index in [1.807, 2.05) is 31.2 Å². The number of hydrogen-bond acceptors (Lipinski definition) is 4. The fourth-order valence-corrected chi connectivity index (χ4v) is 3.68. The van der Waals surface area contributed by atoms with Gasteiger partial charge in [-0.1, -0.05) is 29.3 Å². The van der Waals surface area contributed by atoms with Crippen molar-refractivity contribution in [2.75, 3.05) is 37.7 Å². The summed E-state index contributed by atoms with van der Waals surface area (Å²) >= 11 is 5.97. The van der Waals surface area contributed by atoms with Crippen LogP contribution >= 0.6 is 11.6 Å². The molecule has 3 rings (SSSR count). The van der Waals surface area contributed by atoms with Crippen LogP contribution in [0.5, 0.6) is 0 Å². The lowest BCUT2D eigenvalue weighted by molar-refractivity contribution is -0.145. The van der Waals surface area contributed by atoms with Gasteiger partial charge in [-0.25, -0.2) is 4.79 Å². The number of carbonyl (C=O) groups is 2. The van der Waals surface area contributed by atoms with Gasteiger partial charge in [0.2, 0.25) is 0 Å². The summed E-state index contributed by atoms with van der Waals surface area (Å²) in [6.45, 7) is 4.71. The van der Waals surface area contributed by atoms with Crippen molar-refractivity contribution in [1.29, 1.82) is 0 Å². The second-order valence-corrected chi connectivity index (χ2v) is 7.98. The molecule has 0 spiro atoms. The molecule has 7 heteroatoms. The number of carbonyl (C=O) groups excluding carboxylic acids is 1. The van der Waals surface area contributed by atoms with Crippen molar-refractivity contribution < 1.29 is 19.4 Å². The smallest absolute Gasteiger partial charge is 0.329 e. The third-order valence-electron chi connectivity index (χ3n) is 5.30. The number of hydrogen-bond donors (Lipinski definition) is 1. The van der Waals surface area contributed by atoms with E-state index in [4.69, 9.17) is 21.4 Å². The lowest BCUT2D eigenvalue weighted by Crippen LogP contribution is -2.43. The number of likely N-dealkylation sites (tertiary alicyclic amines) is 1. The van der Waals surface area contributed by atoms with Gasteiger partial charge in [-0.2, -0.15) is 0 Å². The van der Waals surface area contributed by atoms with Crippen molar-refractivity contribution in [2.24, 2.45) is 0 Å². The molecule has 160 valence electrons. The summed E-state index contributed by atoms with van der Waals surface area (Å²) < 4.78 is 5.40. The molecule has 30 heavy (non-hydrogen) atoms. The highest BCUT2D eigenvalue weighted by molar-refractivity contribution is 6.30. The number of nitrogens with zero attached hydrogens (tertiary/aromatic N) is 2. The van der Waals surface area contributed by atoms with Gasteiger partial charge in [0.1, 0.15) is 6.61 Å². The minimum absolute atomic E-state index is 0.0127. The van der Waals surface area contributed by atoms with Crippen molar-refractivity contribution in [1.82, 2.24) is 4.90 Å². The van der Waals surface area contributed by atoms with Crippen LogP contribution in [0, 0.1) is 6.92 Å². The van der Waals surface area contributed by atoms with Crippen molar-refractivity contribution >= 4 is 29.2 Å². The average Bonchev–Trinajstić information content (AvgIpc) is 2.74. The molecule has 0 saturated carbocycles. The second-order valence-electron chi connectivity index (χ2n) is 7.54. The summed E-state index contributed by atoms with van der Waals surface area (Å²) in [5.74, 6) is -0.998. The Hall–Kier alpha value is -2.41. The molecule has 2 aromatic carbocycles. The molecule has 1 amide bonds. The van der Waals surface area contributed by atoms with Crippen molar-refractivity contribution in [2.45, 2.75) is 25.9 Å². The predicted molar refractivity (Wildman–Crippen MR) is 117 cm³/mol. The molecule has 0 unspecified atom stereocenters. The summed E-state index contributed by atoms with van der Waals surface area (Å²) in [6, 6.07) is 14.9. The summed E-state index contributed by atoms with van der Waals surface area (Å²) in [7, 11) is 0. The zero-order valence-corrected chi connectivity index (χ0v) is 17.8. The second kappa shape index (κ2) is 10.6. The molecular formula is C23H27ClN2O4. The van der Waals surface area contributed by atoms with E-state index < -0.39 is 5.97 Å². The highest BCUT2D eigenvalue weighted by atomic mass is 35.5. The maximum atomic E-state index is 13.2. The average molecular weight is 431 g/mol. The van der Waals surface area contributed by atoms with Gasteiger partial charge in [0.05, 0.1) is 6.10 Å². The van der Waals surface area contributed by atoms with Crippen LogP contribution in [0.25, 0.3) is 0 Å². The number of piperidine rings is 1. The topological polar surface area (TPSA) is 70.1 Å². The maximum absolute atomic E-state index is 13.2. The van der Waals surface area contributed by atoms with E-state index in [0.717, 1.165) is 43.7 Å². The van der Waals surface area contributed by atoms with Gasteiger partial charge < -0.3 is 19.6 Å². The van der Waals surface area contributed by atoms with Crippen LogP contribution in [0.4, 0.5) is 5.69 Å². The molecule has 1 N–H and O–H groups in total. The van der Waals surface area contributed by atoms with Gasteiger partial charge in [0.25, 0.3) is 5.91 Å². The standard InChI is InChI=1S/C23H27ClN2O4/c1-17-2-8-20(9-3-17)26(23(29)18-4-6-19(24)7-5-18)15-14-25-12-10-21(11-13-25)30-16-22(27)28/h2-9,21H,10-16H2,1H3,(H,27,28). The number of carboxylic acid groups (broad SMARTS) is 1. The lowest BCUT2D eigenvalue weighted by Gasteiger charge is -2.33. The Labute approximate surface area is 182 Å². The van der Waals surface area contributed by atoms with Gasteiger partial charge in [-0.3, -0.25) is 4.79 Å². The third kappa shape index (κ3) is 6.29. The minimum atomic E-state index is -0.938. The largest absolute Gasteiger partial charge is 0.480 e. The normalized spacial score (nSPS) is 15.1. The fraction of sp³-hybridized carbons (Fsp3) is 0.391. The summed E-state index contributed by atoms with van der Waals surface area (Å²) in [5.41, 5.74) is 2.60. The number of amides is 1. The highest BCUT2D eigenvalue weighted by Crippen LogP contribution is 2.20. The molecule has 1 aliphatic rings. The quantitative estimate of drug-likeness (QED) is 0.688. The molecule has 0 radical (unpaired) electrons. The number of ether oxygens (including phenoxy) is 1. The molecular weight excluding hydrogens is 404 g/mol. The number of anilines is 1. The van der Waals surface area contributed by atoms with Crippen LogP contribution in [-0.2, 0) is 9.53 Å². The van der Waals surface area contributed by atoms with E-state index in [0.29, 0.717) is 17.1 Å². The Balaban J connectivity index is 1.63. The summed E-state index contributed by atoms with van der Waals surface area (Å²) in [6.07, 6.45) is 1.58. The monoisotopic (exact) mass is 430 g/mol. The molecule has 6 nitrogen and oxygen atoms in total. The van der Waals surface area contributed by atoms with Crippen LogP contribution in [0.3, 0.4) is 0 Å². The first-order valence-electron chi connectivity index (χ1n) is 10.1. The molecule has 1 saturated heterocycles. The van der Waals surface area contributed by atoms with E-state index in [2.05, 4.69) is 4.90 Å². The first-order chi connectivity index (χ1) is 14.4. The minimum Gasteiger partial charge on any atom is -0.480 e. The number of rotatable bonds is 8. The number of carboxylic acids is 1. The molecule has 0 aromatic heterocycles. The maximum Gasteiger partial charge on any atom is 0.329 e.